The van der Waals surface area contributed by atoms with Crippen molar-refractivity contribution in [2.24, 2.45) is 11.7 Å². The number of carbonyl (C=O) groups is 3. The minimum atomic E-state index is -1.04. The van der Waals surface area contributed by atoms with Crippen molar-refractivity contribution in [1.82, 2.24) is 4.90 Å². The molecule has 3 rings (SSSR count). The highest BCUT2D eigenvalue weighted by molar-refractivity contribution is 5.95. The van der Waals surface area contributed by atoms with Crippen LogP contribution in [0.5, 0.6) is 0 Å². The van der Waals surface area contributed by atoms with Crippen molar-refractivity contribution in [2.75, 3.05) is 37.7 Å². The molecule has 192 valence electrons. The van der Waals surface area contributed by atoms with Gasteiger partial charge >= 0.3 is 12.1 Å². The molecule has 2 aliphatic heterocycles. The number of carbonyl (C=O) groups excluding carboxylic acids is 3. The Balaban J connectivity index is 1.65. The van der Waals surface area contributed by atoms with E-state index in [1.807, 2.05) is 17.0 Å². The van der Waals surface area contributed by atoms with Crippen LogP contribution < -0.4 is 10.6 Å². The molecular weight excluding hydrogens is 452 g/mol. The molecule has 0 saturated carbocycles. The summed E-state index contributed by atoms with van der Waals surface area (Å²) in [7, 11) is 0. The number of hydrogen-bond acceptors (Lipinski definition) is 8. The fraction of sp³-hybridized carbons (Fsp3) is 0.600. The lowest BCUT2D eigenvalue weighted by Gasteiger charge is -2.41. The number of anilines is 1. The van der Waals surface area contributed by atoms with E-state index in [0.29, 0.717) is 31.5 Å². The molecule has 10 heteroatoms. The summed E-state index contributed by atoms with van der Waals surface area (Å²) in [5, 5.41) is 7.59. The zero-order valence-corrected chi connectivity index (χ0v) is 20.5. The predicted molar refractivity (Wildman–Crippen MR) is 130 cm³/mol. The molecule has 2 heterocycles. The third-order valence-corrected chi connectivity index (χ3v) is 6.58. The van der Waals surface area contributed by atoms with Crippen LogP contribution in [0, 0.1) is 11.3 Å². The maximum Gasteiger partial charge on any atom is 0.509 e. The van der Waals surface area contributed by atoms with Crippen molar-refractivity contribution in [3.8, 4) is 0 Å². The number of likely N-dealkylation sites (tertiary alicyclic amines) is 1. The second-order valence-corrected chi connectivity index (χ2v) is 8.80. The number of nitrogens with zero attached hydrogens (tertiary/aromatic N) is 2. The Kier molecular flexibility index (Phi) is 9.33. The van der Waals surface area contributed by atoms with Gasteiger partial charge in [0.05, 0.1) is 13.2 Å². The molecule has 0 radical (unpaired) electrons. The molecule has 2 saturated heterocycles. The lowest BCUT2D eigenvalue weighted by molar-refractivity contribution is -0.159. The van der Waals surface area contributed by atoms with E-state index in [2.05, 4.69) is 4.90 Å². The number of benzene rings is 1. The van der Waals surface area contributed by atoms with E-state index >= 15 is 0 Å². The van der Waals surface area contributed by atoms with Gasteiger partial charge in [-0.15, -0.1) is 0 Å². The van der Waals surface area contributed by atoms with E-state index in [1.165, 1.54) is 0 Å². The standard InChI is InChI=1S/C25H36N4O6/c1-3-33-24(31)21(35-25(32)34-4-2)17-12-15-28(16-13-17)23(30)20-7-5-6-14-29(20)19-10-8-18(9-11-19)22(26)27/h8-11,17,20-21H,3-7,12-16H2,1-2H3,(H3,26,27). The second-order valence-electron chi connectivity index (χ2n) is 8.80. The Bertz CT molecular complexity index is 898. The first-order valence-corrected chi connectivity index (χ1v) is 12.4. The van der Waals surface area contributed by atoms with Crippen molar-refractivity contribution < 1.29 is 28.6 Å². The number of rotatable bonds is 8. The van der Waals surface area contributed by atoms with Crippen LogP contribution in [-0.2, 0) is 23.8 Å². The molecule has 35 heavy (non-hydrogen) atoms. The van der Waals surface area contributed by atoms with Crippen LogP contribution in [0.25, 0.3) is 0 Å². The van der Waals surface area contributed by atoms with Gasteiger partial charge in [-0.1, -0.05) is 0 Å². The number of piperidine rings is 2. The number of nitrogens with two attached hydrogens (primary N) is 1. The Morgan fingerprint density at radius 3 is 2.26 bits per heavy atom. The number of nitrogens with one attached hydrogen (secondary N) is 1. The van der Waals surface area contributed by atoms with Crippen LogP contribution in [0.15, 0.2) is 24.3 Å². The molecule has 1 aromatic carbocycles. The van der Waals surface area contributed by atoms with Crippen molar-refractivity contribution in [1.29, 1.82) is 5.41 Å². The molecule has 3 N–H and O–H groups in total. The van der Waals surface area contributed by atoms with Crippen LogP contribution in [0.4, 0.5) is 10.5 Å². The summed E-state index contributed by atoms with van der Waals surface area (Å²) < 4.78 is 15.2. The van der Waals surface area contributed by atoms with Gasteiger partial charge in [0.15, 0.2) is 0 Å². The molecule has 0 aromatic heterocycles. The fourth-order valence-electron chi connectivity index (χ4n) is 4.78. The average Bonchev–Trinajstić information content (AvgIpc) is 2.87. The molecule has 0 aliphatic carbocycles. The highest BCUT2D eigenvalue weighted by atomic mass is 16.7. The first kappa shape index (κ1) is 26.3. The zero-order chi connectivity index (χ0) is 25.4. The summed E-state index contributed by atoms with van der Waals surface area (Å²) >= 11 is 0. The molecule has 2 fully saturated rings. The molecule has 2 aliphatic rings. The minimum Gasteiger partial charge on any atom is -0.463 e. The number of hydrogen-bond donors (Lipinski definition) is 2. The molecular formula is C25H36N4O6. The van der Waals surface area contributed by atoms with E-state index in [9.17, 15) is 14.4 Å². The third-order valence-electron chi connectivity index (χ3n) is 6.58. The van der Waals surface area contributed by atoms with Crippen LogP contribution in [0.2, 0.25) is 0 Å². The van der Waals surface area contributed by atoms with Gasteiger partial charge in [-0.2, -0.15) is 0 Å². The minimum absolute atomic E-state index is 0.0127. The third kappa shape index (κ3) is 6.64. The van der Waals surface area contributed by atoms with Crippen molar-refractivity contribution >= 4 is 29.6 Å². The van der Waals surface area contributed by atoms with E-state index in [-0.39, 0.29) is 36.9 Å². The summed E-state index contributed by atoms with van der Waals surface area (Å²) in [5.41, 5.74) is 7.16. The number of nitrogen functional groups attached to an aromatic ring is 1. The number of esters is 1. The van der Waals surface area contributed by atoms with Crippen LogP contribution in [-0.4, -0.2) is 73.8 Å². The molecule has 10 nitrogen and oxygen atoms in total. The Morgan fingerprint density at radius 2 is 1.66 bits per heavy atom. The summed E-state index contributed by atoms with van der Waals surface area (Å²) in [4.78, 5) is 41.8. The van der Waals surface area contributed by atoms with Crippen molar-refractivity contribution in [3.63, 3.8) is 0 Å². The monoisotopic (exact) mass is 488 g/mol. The zero-order valence-electron chi connectivity index (χ0n) is 20.5. The van der Waals surface area contributed by atoms with Crippen molar-refractivity contribution in [2.45, 2.75) is 58.1 Å². The first-order valence-electron chi connectivity index (χ1n) is 12.4. The fourth-order valence-corrected chi connectivity index (χ4v) is 4.78. The summed E-state index contributed by atoms with van der Waals surface area (Å²) in [6.07, 6.45) is 1.86. The van der Waals surface area contributed by atoms with Crippen LogP contribution in [0.1, 0.15) is 51.5 Å². The van der Waals surface area contributed by atoms with Gasteiger partial charge in [0.2, 0.25) is 12.0 Å². The Morgan fingerprint density at radius 1 is 1.00 bits per heavy atom. The average molecular weight is 489 g/mol. The SMILES string of the molecule is CCOC(=O)OC(C(=O)OCC)C1CCN(C(=O)C2CCCCN2c2ccc(C(=N)N)cc2)CC1. The van der Waals surface area contributed by atoms with E-state index in [0.717, 1.165) is 31.5 Å². The summed E-state index contributed by atoms with van der Waals surface area (Å²) in [5.74, 6) is -0.751. The molecule has 0 spiro atoms. The lowest BCUT2D eigenvalue weighted by Crippen LogP contribution is -2.53. The Labute approximate surface area is 206 Å². The van der Waals surface area contributed by atoms with Gasteiger partial charge in [-0.25, -0.2) is 9.59 Å². The van der Waals surface area contributed by atoms with Gasteiger partial charge in [-0.3, -0.25) is 10.2 Å². The second kappa shape index (κ2) is 12.4. The molecule has 1 aromatic rings. The lowest BCUT2D eigenvalue weighted by atomic mass is 9.90. The summed E-state index contributed by atoms with van der Waals surface area (Å²) in [6.45, 7) is 5.42. The van der Waals surface area contributed by atoms with E-state index < -0.39 is 18.2 Å². The first-order chi connectivity index (χ1) is 16.8. The smallest absolute Gasteiger partial charge is 0.463 e. The van der Waals surface area contributed by atoms with E-state index in [1.54, 1.807) is 26.0 Å². The highest BCUT2D eigenvalue weighted by Crippen LogP contribution is 2.29. The van der Waals surface area contributed by atoms with Crippen LogP contribution >= 0.6 is 0 Å². The number of ether oxygens (including phenoxy) is 3. The van der Waals surface area contributed by atoms with Gasteiger partial charge in [-0.05, 0) is 70.2 Å². The quantitative estimate of drug-likeness (QED) is 0.324. The molecule has 0 bridgehead atoms. The maximum absolute atomic E-state index is 13.5. The topological polar surface area (TPSA) is 135 Å². The van der Waals surface area contributed by atoms with Gasteiger partial charge in [0.25, 0.3) is 0 Å². The summed E-state index contributed by atoms with van der Waals surface area (Å²) in [6, 6.07) is 7.16. The number of amidine groups is 1. The highest BCUT2D eigenvalue weighted by Gasteiger charge is 2.39. The largest absolute Gasteiger partial charge is 0.509 e. The van der Waals surface area contributed by atoms with Gasteiger partial charge in [0, 0.05) is 36.8 Å². The normalized spacial score (nSPS) is 19.5. The molecule has 1 amide bonds. The number of amides is 1. The van der Waals surface area contributed by atoms with Gasteiger partial charge < -0.3 is 29.7 Å². The predicted octanol–water partition coefficient (Wildman–Crippen LogP) is 2.67. The van der Waals surface area contributed by atoms with E-state index in [4.69, 9.17) is 25.4 Å². The van der Waals surface area contributed by atoms with Crippen molar-refractivity contribution in [3.05, 3.63) is 29.8 Å². The Hall–Kier alpha value is -3.30. The van der Waals surface area contributed by atoms with Gasteiger partial charge in [0.1, 0.15) is 11.9 Å². The molecule has 2 unspecified atom stereocenters. The molecule has 2 atom stereocenters. The maximum atomic E-state index is 13.5. The van der Waals surface area contributed by atoms with Crippen LogP contribution in [0.3, 0.4) is 0 Å².